The number of carbonyl (C=O) groups is 1. The van der Waals surface area contributed by atoms with E-state index in [4.69, 9.17) is 18.9 Å². The van der Waals surface area contributed by atoms with Gasteiger partial charge in [-0.1, -0.05) is 82.8 Å². The molecule has 44 heavy (non-hydrogen) atoms. The Morgan fingerprint density at radius 2 is 1.50 bits per heavy atom. The van der Waals surface area contributed by atoms with E-state index in [0.29, 0.717) is 0 Å². The van der Waals surface area contributed by atoms with Gasteiger partial charge in [0, 0.05) is 42.5 Å². The van der Waals surface area contributed by atoms with E-state index in [1.54, 1.807) is 0 Å². The number of rotatable bonds is 3. The summed E-state index contributed by atoms with van der Waals surface area (Å²) in [6.45, 7) is 16.4. The van der Waals surface area contributed by atoms with Gasteiger partial charge in [0.2, 0.25) is 0 Å². The molecule has 0 amide bonds. The fourth-order valence-corrected chi connectivity index (χ4v) is 5.04. The van der Waals surface area contributed by atoms with Crippen LogP contribution < -0.4 is 0 Å². The first-order valence-electron chi connectivity index (χ1n) is 14.5. The molecule has 1 radical (unpaired) electrons. The minimum absolute atomic E-state index is 0. The molecule has 0 bridgehead atoms. The summed E-state index contributed by atoms with van der Waals surface area (Å²) in [4.78, 5) is 14.8. The normalized spacial score (nSPS) is 12.2. The van der Waals surface area contributed by atoms with Crippen LogP contribution in [0, 0.1) is 6.07 Å². The van der Waals surface area contributed by atoms with Crippen LogP contribution in [0.4, 0.5) is 0 Å². The summed E-state index contributed by atoms with van der Waals surface area (Å²) in [5.41, 5.74) is 7.90. The number of allylic oxidation sites excluding steroid dienone is 2. The van der Waals surface area contributed by atoms with Crippen LogP contribution in [0.1, 0.15) is 66.5 Å². The number of fused-ring (bicyclic) bond motifs is 4. The minimum Gasteiger partial charge on any atom is -0.512 e. The second-order valence-corrected chi connectivity index (χ2v) is 13.1. The summed E-state index contributed by atoms with van der Waals surface area (Å²) in [7, 11) is 0. The molecule has 0 unspecified atom stereocenters. The van der Waals surface area contributed by atoms with E-state index in [-0.39, 0.29) is 42.5 Å². The molecule has 0 aliphatic rings. The van der Waals surface area contributed by atoms with Crippen molar-refractivity contribution >= 4 is 38.7 Å². The van der Waals surface area contributed by atoms with Crippen molar-refractivity contribution in [3.8, 4) is 22.6 Å². The van der Waals surface area contributed by atoms with E-state index in [2.05, 4.69) is 84.0 Å². The molecule has 0 saturated heterocycles. The van der Waals surface area contributed by atoms with E-state index in [9.17, 15) is 4.79 Å². The van der Waals surface area contributed by atoms with Gasteiger partial charge in [0.15, 0.2) is 11.4 Å². The van der Waals surface area contributed by atoms with Gasteiger partial charge >= 0.3 is 0 Å². The van der Waals surface area contributed by atoms with E-state index in [1.165, 1.54) is 31.1 Å². The van der Waals surface area contributed by atoms with Crippen molar-refractivity contribution in [2.45, 2.75) is 66.2 Å². The first kappa shape index (κ1) is 32.9. The van der Waals surface area contributed by atoms with Crippen LogP contribution in [0.25, 0.3) is 55.5 Å². The predicted molar refractivity (Wildman–Crippen MR) is 175 cm³/mol. The third-order valence-corrected chi connectivity index (χ3v) is 7.36. The van der Waals surface area contributed by atoms with Gasteiger partial charge in [0.25, 0.3) is 0 Å². The molecule has 229 valence electrons. The predicted octanol–water partition coefficient (Wildman–Crippen LogP) is 10.5. The Hall–Kier alpha value is -3.99. The van der Waals surface area contributed by atoms with Crippen LogP contribution in [0.2, 0.25) is 0 Å². The van der Waals surface area contributed by atoms with Gasteiger partial charge in [-0.15, -0.1) is 18.2 Å². The Morgan fingerprint density at radius 3 is 2.09 bits per heavy atom. The van der Waals surface area contributed by atoms with Gasteiger partial charge in [0.1, 0.15) is 11.3 Å². The molecule has 6 heteroatoms. The Kier molecular flexibility index (Phi) is 9.39. The SMILES string of the molecule is CC(=O)/C=C(/C)O.CC(C)(C)c1cc(-c2cc3cc(-c4[c-]ccc5c4oc4ccccc45)ncc3o2)cc(C(C)(C)C)c1.[Ir]. The van der Waals surface area contributed by atoms with E-state index in [0.717, 1.165) is 55.5 Å². The Morgan fingerprint density at radius 1 is 0.841 bits per heavy atom. The number of pyridine rings is 1. The van der Waals surface area contributed by atoms with Crippen molar-refractivity contribution < 1.29 is 38.8 Å². The number of aliphatic hydroxyl groups is 1. The largest absolute Gasteiger partial charge is 0.512 e. The van der Waals surface area contributed by atoms with Crippen molar-refractivity contribution in [2.24, 2.45) is 0 Å². The first-order valence-corrected chi connectivity index (χ1v) is 14.5. The number of ketones is 1. The molecule has 0 aliphatic heterocycles. The van der Waals surface area contributed by atoms with E-state index < -0.39 is 0 Å². The minimum atomic E-state index is -0.125. The zero-order valence-electron chi connectivity index (χ0n) is 26.5. The number of aromatic nitrogens is 1. The number of para-hydroxylation sites is 1. The summed E-state index contributed by atoms with van der Waals surface area (Å²) in [5, 5.41) is 11.5. The Balaban J connectivity index is 0.000000497. The molecule has 3 aromatic heterocycles. The zero-order valence-corrected chi connectivity index (χ0v) is 28.9. The van der Waals surface area contributed by atoms with Gasteiger partial charge in [-0.25, -0.2) is 0 Å². The molecule has 0 spiro atoms. The first-order chi connectivity index (χ1) is 20.2. The van der Waals surface area contributed by atoms with Gasteiger partial charge < -0.3 is 18.9 Å². The fraction of sp³-hybridized carbons (Fsp3) is 0.263. The summed E-state index contributed by atoms with van der Waals surface area (Å²) >= 11 is 0. The molecule has 6 rings (SSSR count). The number of carbonyl (C=O) groups excluding carboxylic acids is 1. The van der Waals surface area contributed by atoms with Crippen molar-refractivity contribution in [2.75, 3.05) is 0 Å². The van der Waals surface area contributed by atoms with Crippen molar-refractivity contribution in [1.82, 2.24) is 4.98 Å². The molecular weight excluding hydrogens is 727 g/mol. The topological polar surface area (TPSA) is 76.5 Å². The maximum atomic E-state index is 10.0. The standard InChI is InChI=1S/C33H30NO2.C5H8O2.Ir/c1-32(2,3)22-14-20(15-23(18-22)33(4,5)6)29-17-21-16-27(34-19-30(21)35-29)26-12-9-11-25-24-10-7-8-13-28(24)36-31(25)26;1-4(6)3-5(2)7;/h7-11,13-19H,1-6H3;3,6H,1-2H3;/q-1;;/b;4-3-;. The van der Waals surface area contributed by atoms with Crippen LogP contribution in [0.3, 0.4) is 0 Å². The number of nitrogens with zero attached hydrogens (tertiary/aromatic N) is 1. The maximum absolute atomic E-state index is 10.0. The van der Waals surface area contributed by atoms with Crippen LogP contribution in [-0.2, 0) is 35.7 Å². The van der Waals surface area contributed by atoms with Crippen LogP contribution >= 0.6 is 0 Å². The van der Waals surface area contributed by atoms with Gasteiger partial charge in [-0.3, -0.25) is 4.79 Å². The second kappa shape index (κ2) is 12.6. The molecule has 0 saturated carbocycles. The quantitative estimate of drug-likeness (QED) is 0.110. The van der Waals surface area contributed by atoms with Gasteiger partial charge in [-0.2, -0.15) is 0 Å². The van der Waals surface area contributed by atoms with Gasteiger partial charge in [-0.05, 0) is 65.8 Å². The van der Waals surface area contributed by atoms with Crippen LogP contribution in [0.5, 0.6) is 0 Å². The molecule has 3 heterocycles. The van der Waals surface area contributed by atoms with Crippen molar-refractivity contribution in [3.05, 3.63) is 102 Å². The number of hydrogen-bond donors (Lipinski definition) is 1. The number of furan rings is 2. The molecule has 0 atom stereocenters. The summed E-state index contributed by atoms with van der Waals surface area (Å²) in [6, 6.07) is 26.5. The summed E-state index contributed by atoms with van der Waals surface area (Å²) < 4.78 is 12.5. The molecule has 1 N–H and O–H groups in total. The number of aliphatic hydroxyl groups excluding tert-OH is 1. The van der Waals surface area contributed by atoms with Crippen molar-refractivity contribution in [3.63, 3.8) is 0 Å². The summed E-state index contributed by atoms with van der Waals surface area (Å²) in [6.07, 6.45) is 2.97. The van der Waals surface area contributed by atoms with Gasteiger partial charge in [0.05, 0.1) is 17.5 Å². The molecule has 5 nitrogen and oxygen atoms in total. The molecule has 0 aliphatic carbocycles. The Labute approximate surface area is 272 Å². The molecular formula is C38H38IrNO4-. The third kappa shape index (κ3) is 7.04. The average molecular weight is 765 g/mol. The van der Waals surface area contributed by atoms with Crippen molar-refractivity contribution in [1.29, 1.82) is 0 Å². The smallest absolute Gasteiger partial charge is 0.155 e. The van der Waals surface area contributed by atoms with E-state index >= 15 is 0 Å². The molecule has 3 aromatic carbocycles. The molecule has 6 aromatic rings. The number of benzene rings is 3. The molecule has 0 fully saturated rings. The third-order valence-electron chi connectivity index (χ3n) is 7.36. The Bertz CT molecular complexity index is 1960. The average Bonchev–Trinajstić information content (AvgIpc) is 3.52. The summed E-state index contributed by atoms with van der Waals surface area (Å²) in [5.74, 6) is 0.791. The monoisotopic (exact) mass is 765 g/mol. The maximum Gasteiger partial charge on any atom is 0.155 e. The van der Waals surface area contributed by atoms with Crippen LogP contribution in [-0.4, -0.2) is 15.9 Å². The fourth-order valence-electron chi connectivity index (χ4n) is 5.04. The second-order valence-electron chi connectivity index (χ2n) is 13.1. The van der Waals surface area contributed by atoms with E-state index in [1.807, 2.05) is 36.5 Å². The number of hydrogen-bond acceptors (Lipinski definition) is 5. The van der Waals surface area contributed by atoms with Crippen LogP contribution in [0.15, 0.2) is 93.6 Å². The zero-order chi connectivity index (χ0) is 31.1.